The fourth-order valence-electron chi connectivity index (χ4n) is 1.99. The average Bonchev–Trinajstić information content (AvgIpc) is 2.64. The average molecular weight is 281 g/mol. The maximum absolute atomic E-state index is 12.2. The number of fused-ring (bicyclic) bond motifs is 1. The zero-order valence-electron chi connectivity index (χ0n) is 9.29. The van der Waals surface area contributed by atoms with E-state index in [0.717, 1.165) is 5.56 Å². The third-order valence-corrected chi connectivity index (χ3v) is 3.22. The van der Waals surface area contributed by atoms with Crippen molar-refractivity contribution in [2.24, 2.45) is 0 Å². The molecule has 0 radical (unpaired) electrons. The predicted octanol–water partition coefficient (Wildman–Crippen LogP) is 3.40. The maximum atomic E-state index is 12.2. The Hall–Kier alpha value is -1.58. The number of carbonyl (C=O) groups is 1. The molecule has 0 spiro atoms. The van der Waals surface area contributed by atoms with E-state index in [1.807, 2.05) is 24.3 Å². The molecular formula is C13H10Cl2N2O. The Bertz CT molecular complexity index is 574. The molecule has 0 bridgehead atoms. The Balaban J connectivity index is 0.00000120. The molecule has 0 saturated heterocycles. The van der Waals surface area contributed by atoms with Gasteiger partial charge >= 0.3 is 0 Å². The van der Waals surface area contributed by atoms with Crippen LogP contribution in [0.4, 0.5) is 5.82 Å². The summed E-state index contributed by atoms with van der Waals surface area (Å²) in [6.07, 6.45) is 1.65. The summed E-state index contributed by atoms with van der Waals surface area (Å²) in [6.45, 7) is 0. The minimum Gasteiger partial charge on any atom is -0.271 e. The van der Waals surface area contributed by atoms with Gasteiger partial charge in [-0.2, -0.15) is 0 Å². The molecule has 2 aromatic rings. The third kappa shape index (κ3) is 1.85. The lowest BCUT2D eigenvalue weighted by molar-refractivity contribution is 0.0995. The second kappa shape index (κ2) is 4.96. The molecule has 1 aliphatic heterocycles. The van der Waals surface area contributed by atoms with Crippen LogP contribution in [0.2, 0.25) is 0 Å². The van der Waals surface area contributed by atoms with E-state index >= 15 is 0 Å². The van der Waals surface area contributed by atoms with Gasteiger partial charge in [0.05, 0.1) is 0 Å². The van der Waals surface area contributed by atoms with E-state index in [9.17, 15) is 4.79 Å². The van der Waals surface area contributed by atoms with Gasteiger partial charge in [-0.25, -0.2) is 4.98 Å². The monoisotopic (exact) mass is 280 g/mol. The molecule has 3 rings (SSSR count). The van der Waals surface area contributed by atoms with Crippen LogP contribution in [0.5, 0.6) is 0 Å². The van der Waals surface area contributed by atoms with Gasteiger partial charge in [-0.1, -0.05) is 35.9 Å². The number of halogens is 2. The van der Waals surface area contributed by atoms with Gasteiger partial charge in [0.1, 0.15) is 11.3 Å². The normalized spacial score (nSPS) is 17.3. The number of rotatable bonds is 1. The van der Waals surface area contributed by atoms with Crippen LogP contribution in [0.3, 0.4) is 0 Å². The van der Waals surface area contributed by atoms with Gasteiger partial charge in [-0.15, -0.1) is 12.4 Å². The third-order valence-electron chi connectivity index (χ3n) is 2.79. The van der Waals surface area contributed by atoms with Crippen molar-refractivity contribution in [3.05, 3.63) is 59.8 Å². The Kier molecular flexibility index (Phi) is 3.55. The quantitative estimate of drug-likeness (QED) is 0.593. The van der Waals surface area contributed by atoms with E-state index in [4.69, 9.17) is 11.6 Å². The summed E-state index contributed by atoms with van der Waals surface area (Å²) in [6, 6.07) is 12.8. The first-order chi connectivity index (χ1) is 8.29. The van der Waals surface area contributed by atoms with Gasteiger partial charge in [-0.05, 0) is 18.2 Å². The van der Waals surface area contributed by atoms with Gasteiger partial charge in [0.15, 0.2) is 0 Å². The molecular weight excluding hydrogens is 271 g/mol. The Labute approximate surface area is 116 Å². The molecule has 0 N–H and O–H groups in total. The fraction of sp³-hybridized carbons (Fsp3) is 0.0769. The highest BCUT2D eigenvalue weighted by molar-refractivity contribution is 6.29. The molecule has 5 heteroatoms. The fourth-order valence-corrected chi connectivity index (χ4v) is 2.37. The van der Waals surface area contributed by atoms with Crippen LogP contribution in [0.1, 0.15) is 21.4 Å². The van der Waals surface area contributed by atoms with Crippen molar-refractivity contribution in [2.75, 3.05) is 4.90 Å². The molecule has 2 heterocycles. The van der Waals surface area contributed by atoms with Crippen molar-refractivity contribution in [1.29, 1.82) is 0 Å². The molecule has 1 atom stereocenters. The van der Waals surface area contributed by atoms with Gasteiger partial charge < -0.3 is 0 Å². The highest BCUT2D eigenvalue weighted by atomic mass is 35.5. The summed E-state index contributed by atoms with van der Waals surface area (Å²) in [7, 11) is 0. The van der Waals surface area contributed by atoms with E-state index in [-0.39, 0.29) is 18.3 Å². The number of aromatic nitrogens is 1. The molecule has 1 aliphatic rings. The molecule has 0 fully saturated rings. The second-order valence-electron chi connectivity index (χ2n) is 3.79. The summed E-state index contributed by atoms with van der Waals surface area (Å²) < 4.78 is 0. The zero-order chi connectivity index (χ0) is 11.8. The van der Waals surface area contributed by atoms with Crippen molar-refractivity contribution in [2.45, 2.75) is 5.50 Å². The molecule has 1 unspecified atom stereocenters. The molecule has 1 aromatic heterocycles. The molecule has 0 aliphatic carbocycles. The van der Waals surface area contributed by atoms with Gasteiger partial charge in [0, 0.05) is 17.3 Å². The Morgan fingerprint density at radius 3 is 2.50 bits per heavy atom. The highest BCUT2D eigenvalue weighted by Gasteiger charge is 2.36. The first-order valence-corrected chi connectivity index (χ1v) is 5.70. The van der Waals surface area contributed by atoms with Crippen LogP contribution < -0.4 is 4.90 Å². The summed E-state index contributed by atoms with van der Waals surface area (Å²) in [5.74, 6) is 0.480. The van der Waals surface area contributed by atoms with Crippen LogP contribution in [0, 0.1) is 0 Å². The predicted molar refractivity (Wildman–Crippen MR) is 73.3 cm³/mol. The highest BCUT2D eigenvalue weighted by Crippen LogP contribution is 2.38. The van der Waals surface area contributed by atoms with E-state index in [1.54, 1.807) is 24.4 Å². The first kappa shape index (κ1) is 12.9. The van der Waals surface area contributed by atoms with Gasteiger partial charge in [0.2, 0.25) is 0 Å². The van der Waals surface area contributed by atoms with E-state index in [1.165, 1.54) is 4.90 Å². The topological polar surface area (TPSA) is 33.2 Å². The summed E-state index contributed by atoms with van der Waals surface area (Å²) in [5, 5.41) is 0. The van der Waals surface area contributed by atoms with Crippen molar-refractivity contribution in [3.8, 4) is 0 Å². The molecule has 0 saturated carbocycles. The lowest BCUT2D eigenvalue weighted by Crippen LogP contribution is -2.25. The molecule has 18 heavy (non-hydrogen) atoms. The molecule has 92 valence electrons. The van der Waals surface area contributed by atoms with Crippen LogP contribution in [-0.2, 0) is 0 Å². The number of pyridine rings is 1. The van der Waals surface area contributed by atoms with E-state index in [2.05, 4.69) is 4.98 Å². The van der Waals surface area contributed by atoms with E-state index in [0.29, 0.717) is 11.4 Å². The van der Waals surface area contributed by atoms with Crippen LogP contribution in [-0.4, -0.2) is 10.9 Å². The largest absolute Gasteiger partial charge is 0.271 e. The number of anilines is 1. The van der Waals surface area contributed by atoms with Crippen molar-refractivity contribution >= 4 is 35.7 Å². The van der Waals surface area contributed by atoms with Crippen LogP contribution >= 0.6 is 24.0 Å². The summed E-state index contributed by atoms with van der Waals surface area (Å²) in [4.78, 5) is 17.9. The second-order valence-corrected chi connectivity index (χ2v) is 4.20. The summed E-state index contributed by atoms with van der Waals surface area (Å²) >= 11 is 6.30. The number of hydrogen-bond acceptors (Lipinski definition) is 2. The smallest absolute Gasteiger partial charge is 0.261 e. The maximum Gasteiger partial charge on any atom is 0.261 e. The van der Waals surface area contributed by atoms with Gasteiger partial charge in [-0.3, -0.25) is 9.69 Å². The van der Waals surface area contributed by atoms with Crippen molar-refractivity contribution in [3.63, 3.8) is 0 Å². The van der Waals surface area contributed by atoms with Crippen LogP contribution in [0.25, 0.3) is 0 Å². The number of nitrogens with zero attached hydrogens (tertiary/aromatic N) is 2. The molecule has 1 amide bonds. The number of benzene rings is 1. The molecule has 3 nitrogen and oxygen atoms in total. The number of carbonyl (C=O) groups excluding carboxylic acids is 1. The lowest BCUT2D eigenvalue weighted by Gasteiger charge is -2.18. The first-order valence-electron chi connectivity index (χ1n) is 5.26. The van der Waals surface area contributed by atoms with E-state index < -0.39 is 5.50 Å². The van der Waals surface area contributed by atoms with Crippen molar-refractivity contribution < 1.29 is 4.79 Å². The minimum absolute atomic E-state index is 0. The zero-order valence-corrected chi connectivity index (χ0v) is 10.9. The lowest BCUT2D eigenvalue weighted by atomic mass is 10.1. The van der Waals surface area contributed by atoms with Crippen LogP contribution in [0.15, 0.2) is 48.7 Å². The number of hydrogen-bond donors (Lipinski definition) is 0. The minimum atomic E-state index is -0.478. The van der Waals surface area contributed by atoms with Crippen molar-refractivity contribution in [1.82, 2.24) is 4.98 Å². The number of amides is 1. The summed E-state index contributed by atoms with van der Waals surface area (Å²) in [5.41, 5.74) is 1.01. The van der Waals surface area contributed by atoms with Gasteiger partial charge in [0.25, 0.3) is 5.91 Å². The number of alkyl halides is 1. The Morgan fingerprint density at radius 1 is 1.11 bits per heavy atom. The standard InChI is InChI=1S/C13H9ClN2O.ClH/c14-12-9-5-1-2-6-10(9)13(17)16(12)11-7-3-4-8-15-11;/h1-8,12H;1H. The Morgan fingerprint density at radius 2 is 1.83 bits per heavy atom. The SMILES string of the molecule is Cl.O=C1c2ccccc2C(Cl)N1c1ccccn1. The molecule has 1 aromatic carbocycles.